The lowest BCUT2D eigenvalue weighted by Gasteiger charge is -2.30. The lowest BCUT2D eigenvalue weighted by Crippen LogP contribution is -2.36. The monoisotopic (exact) mass is 327 g/mol. The molecule has 2 rings (SSSR count). The molecule has 19 heavy (non-hydrogen) atoms. The first-order chi connectivity index (χ1) is 9.19. The number of carbonyl (C=O) groups is 1. The van der Waals surface area contributed by atoms with Crippen molar-refractivity contribution in [2.45, 2.75) is 46.2 Å². The summed E-state index contributed by atoms with van der Waals surface area (Å²) in [5.41, 5.74) is 2.37. The van der Waals surface area contributed by atoms with Gasteiger partial charge in [-0.05, 0) is 48.7 Å². The Morgan fingerprint density at radius 2 is 2.26 bits per heavy atom. The van der Waals surface area contributed by atoms with E-state index in [1.165, 1.54) is 5.69 Å². The van der Waals surface area contributed by atoms with Crippen LogP contribution in [-0.2, 0) is 24.3 Å². The zero-order chi connectivity index (χ0) is 13.8. The van der Waals surface area contributed by atoms with Gasteiger partial charge >= 0.3 is 0 Å². The predicted octanol–water partition coefficient (Wildman–Crippen LogP) is 2.64. The minimum atomic E-state index is 0.205. The highest BCUT2D eigenvalue weighted by atomic mass is 79.9. The molecule has 1 aliphatic heterocycles. The maximum Gasteiger partial charge on any atom is 0.124 e. The van der Waals surface area contributed by atoms with E-state index in [0.717, 1.165) is 61.9 Å². The van der Waals surface area contributed by atoms with Crippen LogP contribution in [0.1, 0.15) is 38.1 Å². The van der Waals surface area contributed by atoms with Crippen LogP contribution in [0.2, 0.25) is 0 Å². The van der Waals surface area contributed by atoms with Gasteiger partial charge in [-0.2, -0.15) is 5.10 Å². The first kappa shape index (κ1) is 14.7. The van der Waals surface area contributed by atoms with Crippen LogP contribution in [-0.4, -0.2) is 34.1 Å². The topological polar surface area (TPSA) is 38.1 Å². The number of nitrogens with zero attached hydrogens (tertiary/aromatic N) is 3. The maximum atomic E-state index is 10.9. The lowest BCUT2D eigenvalue weighted by molar-refractivity contribution is -0.112. The molecule has 4 nitrogen and oxygen atoms in total. The number of hydrogen-bond donors (Lipinski definition) is 0. The van der Waals surface area contributed by atoms with Gasteiger partial charge in [-0.25, -0.2) is 0 Å². The summed E-state index contributed by atoms with van der Waals surface area (Å²) in [4.78, 5) is 13.3. The van der Waals surface area contributed by atoms with Crippen molar-refractivity contribution in [1.82, 2.24) is 14.7 Å². The molecule has 0 bridgehead atoms. The molecule has 0 radical (unpaired) electrons. The molecule has 0 amide bonds. The predicted molar refractivity (Wildman–Crippen MR) is 79.0 cm³/mol. The standard InChI is InChI=1S/C14H22BrN3O/c1-3-12-14(15)13(18(4-2)16-12)9-17-7-5-6-11(8-17)10-19/h10-11H,3-9H2,1-2H3. The number of aryl methyl sites for hydroxylation is 2. The van der Waals surface area contributed by atoms with Gasteiger partial charge in [0.2, 0.25) is 0 Å². The van der Waals surface area contributed by atoms with Gasteiger partial charge in [-0.3, -0.25) is 9.58 Å². The summed E-state index contributed by atoms with van der Waals surface area (Å²) in [5.74, 6) is 0.205. The Morgan fingerprint density at radius 1 is 1.47 bits per heavy atom. The molecule has 1 fully saturated rings. The Bertz CT molecular complexity index is 444. The van der Waals surface area contributed by atoms with Gasteiger partial charge in [0.25, 0.3) is 0 Å². The second-order valence-corrected chi connectivity index (χ2v) is 5.94. The minimum absolute atomic E-state index is 0.205. The Labute approximate surface area is 123 Å². The molecule has 1 saturated heterocycles. The summed E-state index contributed by atoms with van der Waals surface area (Å²) in [6.07, 6.45) is 4.20. The summed E-state index contributed by atoms with van der Waals surface area (Å²) in [6.45, 7) is 7.97. The molecule has 0 saturated carbocycles. The number of carbonyl (C=O) groups excluding carboxylic acids is 1. The third kappa shape index (κ3) is 3.26. The SMILES string of the molecule is CCc1nn(CC)c(CN2CCCC(C=O)C2)c1Br. The summed E-state index contributed by atoms with van der Waals surface area (Å²) < 4.78 is 3.22. The maximum absolute atomic E-state index is 10.9. The second-order valence-electron chi connectivity index (χ2n) is 5.15. The number of rotatable bonds is 5. The number of halogens is 1. The van der Waals surface area contributed by atoms with E-state index in [1.54, 1.807) is 0 Å². The molecule has 0 aliphatic carbocycles. The van der Waals surface area contributed by atoms with Crippen LogP contribution < -0.4 is 0 Å². The Kier molecular flexibility index (Phi) is 5.16. The van der Waals surface area contributed by atoms with Gasteiger partial charge in [-0.15, -0.1) is 0 Å². The van der Waals surface area contributed by atoms with Crippen molar-refractivity contribution in [2.24, 2.45) is 5.92 Å². The van der Waals surface area contributed by atoms with E-state index in [0.29, 0.717) is 0 Å². The molecule has 1 aliphatic rings. The van der Waals surface area contributed by atoms with Crippen molar-refractivity contribution in [3.05, 3.63) is 15.9 Å². The van der Waals surface area contributed by atoms with E-state index in [9.17, 15) is 4.79 Å². The van der Waals surface area contributed by atoms with Crippen molar-refractivity contribution in [1.29, 1.82) is 0 Å². The molecular formula is C14H22BrN3O. The van der Waals surface area contributed by atoms with E-state index >= 15 is 0 Å². The zero-order valence-electron chi connectivity index (χ0n) is 11.7. The van der Waals surface area contributed by atoms with E-state index in [1.807, 2.05) is 0 Å². The van der Waals surface area contributed by atoms with Crippen LogP contribution in [0.3, 0.4) is 0 Å². The minimum Gasteiger partial charge on any atom is -0.303 e. The largest absolute Gasteiger partial charge is 0.303 e. The number of aromatic nitrogens is 2. The van der Waals surface area contributed by atoms with Crippen molar-refractivity contribution in [2.75, 3.05) is 13.1 Å². The van der Waals surface area contributed by atoms with Gasteiger partial charge in [-0.1, -0.05) is 6.92 Å². The van der Waals surface area contributed by atoms with Crippen LogP contribution in [0, 0.1) is 5.92 Å². The summed E-state index contributed by atoms with van der Waals surface area (Å²) in [7, 11) is 0. The molecular weight excluding hydrogens is 306 g/mol. The summed E-state index contributed by atoms with van der Waals surface area (Å²) in [5, 5.41) is 4.62. The van der Waals surface area contributed by atoms with Gasteiger partial charge in [0.1, 0.15) is 6.29 Å². The fraction of sp³-hybridized carbons (Fsp3) is 0.714. The molecule has 1 aromatic heterocycles. The first-order valence-corrected chi connectivity index (χ1v) is 7.90. The quantitative estimate of drug-likeness (QED) is 0.780. The molecule has 5 heteroatoms. The molecule has 106 valence electrons. The van der Waals surface area contributed by atoms with Crippen LogP contribution >= 0.6 is 15.9 Å². The van der Waals surface area contributed by atoms with Crippen LogP contribution in [0.15, 0.2) is 4.47 Å². The molecule has 1 aromatic rings. The molecule has 2 heterocycles. The number of aldehydes is 1. The van der Waals surface area contributed by atoms with Gasteiger partial charge in [0.15, 0.2) is 0 Å². The second kappa shape index (κ2) is 6.66. The first-order valence-electron chi connectivity index (χ1n) is 7.11. The average molecular weight is 328 g/mol. The van der Waals surface area contributed by atoms with Crippen LogP contribution in [0.4, 0.5) is 0 Å². The molecule has 0 N–H and O–H groups in total. The molecule has 0 spiro atoms. The van der Waals surface area contributed by atoms with Crippen molar-refractivity contribution in [3.63, 3.8) is 0 Å². The molecule has 0 aromatic carbocycles. The molecule has 1 atom stereocenters. The Balaban J connectivity index is 2.13. The lowest BCUT2D eigenvalue weighted by atomic mass is 9.99. The number of likely N-dealkylation sites (tertiary alicyclic amines) is 1. The zero-order valence-corrected chi connectivity index (χ0v) is 13.3. The van der Waals surface area contributed by atoms with Crippen molar-refractivity contribution >= 4 is 22.2 Å². The van der Waals surface area contributed by atoms with E-state index in [2.05, 4.69) is 44.5 Å². The van der Waals surface area contributed by atoms with Gasteiger partial charge in [0, 0.05) is 25.6 Å². The van der Waals surface area contributed by atoms with E-state index < -0.39 is 0 Å². The van der Waals surface area contributed by atoms with Gasteiger partial charge < -0.3 is 4.79 Å². The summed E-state index contributed by atoms with van der Waals surface area (Å²) >= 11 is 3.68. The number of hydrogen-bond acceptors (Lipinski definition) is 3. The Morgan fingerprint density at radius 3 is 2.89 bits per heavy atom. The van der Waals surface area contributed by atoms with Crippen molar-refractivity contribution in [3.8, 4) is 0 Å². The fourth-order valence-electron chi connectivity index (χ4n) is 2.73. The average Bonchev–Trinajstić information content (AvgIpc) is 2.75. The van der Waals surface area contributed by atoms with Crippen LogP contribution in [0.25, 0.3) is 0 Å². The van der Waals surface area contributed by atoms with Crippen molar-refractivity contribution < 1.29 is 4.79 Å². The van der Waals surface area contributed by atoms with E-state index in [4.69, 9.17) is 0 Å². The highest BCUT2D eigenvalue weighted by Crippen LogP contribution is 2.25. The van der Waals surface area contributed by atoms with Gasteiger partial charge in [0.05, 0.1) is 15.9 Å². The van der Waals surface area contributed by atoms with E-state index in [-0.39, 0.29) is 5.92 Å². The third-order valence-electron chi connectivity index (χ3n) is 3.80. The third-order valence-corrected chi connectivity index (χ3v) is 4.72. The van der Waals surface area contributed by atoms with Crippen LogP contribution in [0.5, 0.6) is 0 Å². The fourth-order valence-corrected chi connectivity index (χ4v) is 3.42. The Hall–Kier alpha value is -0.680. The normalized spacial score (nSPS) is 20.7. The molecule has 1 unspecified atom stereocenters. The highest BCUT2D eigenvalue weighted by molar-refractivity contribution is 9.10. The smallest absolute Gasteiger partial charge is 0.124 e. The number of piperidine rings is 1. The highest BCUT2D eigenvalue weighted by Gasteiger charge is 2.22. The summed E-state index contributed by atoms with van der Waals surface area (Å²) in [6, 6.07) is 0.